The van der Waals surface area contributed by atoms with Gasteiger partial charge in [0.05, 0.1) is 24.2 Å². The highest BCUT2D eigenvalue weighted by Gasteiger charge is 2.38. The molecule has 1 aliphatic carbocycles. The van der Waals surface area contributed by atoms with Crippen LogP contribution >= 0.6 is 0 Å². The van der Waals surface area contributed by atoms with E-state index < -0.39 is 28.5 Å². The molecule has 0 spiro atoms. The van der Waals surface area contributed by atoms with E-state index in [9.17, 15) is 18.0 Å². The number of carbonyl (C=O) groups excluding carboxylic acids is 2. The third-order valence-corrected chi connectivity index (χ3v) is 7.11. The number of hydrogen-bond donors (Lipinski definition) is 2. The van der Waals surface area contributed by atoms with Gasteiger partial charge in [0.25, 0.3) is 0 Å². The standard InChI is InChI=1S/C23H31N3O5S/c1-17(2)22(23(28)24-15-19-11-8-14-31-19)26(18-9-6-7-10-18)21(27)16-25-32(29,30)20-12-4-3-5-13-20/h3-5,8,11-14,17-18,22,25H,6-7,9-10,15-16H2,1-2H3,(H,24,28)/t22-/m0/s1. The molecule has 2 amide bonds. The van der Waals surface area contributed by atoms with Crippen molar-refractivity contribution >= 4 is 21.8 Å². The first kappa shape index (κ1) is 24.0. The minimum atomic E-state index is -3.83. The van der Waals surface area contributed by atoms with E-state index in [0.29, 0.717) is 5.76 Å². The molecule has 0 aliphatic heterocycles. The minimum Gasteiger partial charge on any atom is -0.467 e. The van der Waals surface area contributed by atoms with E-state index >= 15 is 0 Å². The Labute approximate surface area is 189 Å². The molecule has 1 aliphatic rings. The Hall–Kier alpha value is -2.65. The molecule has 0 bridgehead atoms. The Kier molecular flexibility index (Phi) is 8.09. The molecule has 1 saturated carbocycles. The highest BCUT2D eigenvalue weighted by molar-refractivity contribution is 7.89. The maximum Gasteiger partial charge on any atom is 0.243 e. The van der Waals surface area contributed by atoms with Crippen molar-refractivity contribution in [3.8, 4) is 0 Å². The number of nitrogens with zero attached hydrogens (tertiary/aromatic N) is 1. The van der Waals surface area contributed by atoms with Gasteiger partial charge in [-0.1, -0.05) is 44.9 Å². The summed E-state index contributed by atoms with van der Waals surface area (Å²) in [7, 11) is -3.83. The smallest absolute Gasteiger partial charge is 0.243 e. The van der Waals surface area contributed by atoms with E-state index in [1.165, 1.54) is 18.4 Å². The Morgan fingerprint density at radius 3 is 2.38 bits per heavy atom. The van der Waals surface area contributed by atoms with E-state index in [1.54, 1.807) is 35.2 Å². The lowest BCUT2D eigenvalue weighted by molar-refractivity contribution is -0.144. The summed E-state index contributed by atoms with van der Waals surface area (Å²) in [4.78, 5) is 28.1. The third-order valence-electron chi connectivity index (χ3n) is 5.69. The number of hydrogen-bond acceptors (Lipinski definition) is 5. The fourth-order valence-electron chi connectivity index (χ4n) is 4.14. The van der Waals surface area contributed by atoms with Crippen molar-refractivity contribution in [2.45, 2.75) is 63.1 Å². The van der Waals surface area contributed by atoms with Gasteiger partial charge in [-0.2, -0.15) is 0 Å². The molecule has 0 saturated heterocycles. The van der Waals surface area contributed by atoms with Crippen LogP contribution in [0.3, 0.4) is 0 Å². The molecule has 32 heavy (non-hydrogen) atoms. The lowest BCUT2D eigenvalue weighted by atomic mass is 9.98. The molecule has 2 N–H and O–H groups in total. The number of sulfonamides is 1. The monoisotopic (exact) mass is 461 g/mol. The predicted molar refractivity (Wildman–Crippen MR) is 120 cm³/mol. The minimum absolute atomic E-state index is 0.0921. The van der Waals surface area contributed by atoms with Gasteiger partial charge in [-0.05, 0) is 43.0 Å². The predicted octanol–water partition coefficient (Wildman–Crippen LogP) is 2.67. The number of furan rings is 1. The summed E-state index contributed by atoms with van der Waals surface area (Å²) in [5.41, 5.74) is 0. The molecular weight excluding hydrogens is 430 g/mol. The summed E-state index contributed by atoms with van der Waals surface area (Å²) >= 11 is 0. The van der Waals surface area contributed by atoms with Crippen LogP contribution in [0, 0.1) is 5.92 Å². The average Bonchev–Trinajstić information content (AvgIpc) is 3.49. The second-order valence-electron chi connectivity index (χ2n) is 8.36. The Balaban J connectivity index is 1.75. The highest BCUT2D eigenvalue weighted by atomic mass is 32.2. The summed E-state index contributed by atoms with van der Waals surface area (Å²) in [5.74, 6) is -0.206. The molecule has 174 valence electrons. The van der Waals surface area contributed by atoms with Crippen LogP contribution < -0.4 is 10.0 Å². The summed E-state index contributed by atoms with van der Waals surface area (Å²) in [6.45, 7) is 3.60. The average molecular weight is 462 g/mol. The summed E-state index contributed by atoms with van der Waals surface area (Å²) < 4.78 is 32.8. The molecule has 1 heterocycles. The van der Waals surface area contributed by atoms with Gasteiger partial charge in [-0.3, -0.25) is 9.59 Å². The largest absolute Gasteiger partial charge is 0.467 e. The zero-order chi connectivity index (χ0) is 23.1. The van der Waals surface area contributed by atoms with E-state index in [4.69, 9.17) is 4.42 Å². The highest BCUT2D eigenvalue weighted by Crippen LogP contribution is 2.28. The topological polar surface area (TPSA) is 109 Å². The first-order valence-electron chi connectivity index (χ1n) is 11.0. The molecule has 1 fully saturated rings. The Morgan fingerprint density at radius 2 is 1.78 bits per heavy atom. The van der Waals surface area contributed by atoms with Crippen molar-refractivity contribution in [2.24, 2.45) is 5.92 Å². The number of benzene rings is 1. The molecule has 0 radical (unpaired) electrons. The van der Waals surface area contributed by atoms with E-state index in [0.717, 1.165) is 25.7 Å². The SMILES string of the molecule is CC(C)[C@@H](C(=O)NCc1ccco1)N(C(=O)CNS(=O)(=O)c1ccccc1)C1CCCC1. The van der Waals surface area contributed by atoms with Crippen molar-refractivity contribution in [3.05, 3.63) is 54.5 Å². The molecule has 8 nitrogen and oxygen atoms in total. The maximum absolute atomic E-state index is 13.3. The van der Waals surface area contributed by atoms with E-state index in [1.807, 2.05) is 13.8 Å². The molecular formula is C23H31N3O5S. The van der Waals surface area contributed by atoms with Gasteiger partial charge in [-0.25, -0.2) is 13.1 Å². The van der Waals surface area contributed by atoms with Crippen LogP contribution in [0.2, 0.25) is 0 Å². The summed E-state index contributed by atoms with van der Waals surface area (Å²) in [6.07, 6.45) is 5.08. The van der Waals surface area contributed by atoms with Gasteiger partial charge >= 0.3 is 0 Å². The molecule has 2 aromatic rings. The molecule has 1 aromatic heterocycles. The Morgan fingerprint density at radius 1 is 1.09 bits per heavy atom. The normalized spacial score (nSPS) is 15.6. The van der Waals surface area contributed by atoms with Crippen LogP contribution in [0.5, 0.6) is 0 Å². The number of amides is 2. The van der Waals surface area contributed by atoms with Crippen molar-refractivity contribution in [2.75, 3.05) is 6.54 Å². The Bertz CT molecular complexity index is 984. The zero-order valence-corrected chi connectivity index (χ0v) is 19.3. The van der Waals surface area contributed by atoms with Gasteiger partial charge in [-0.15, -0.1) is 0 Å². The van der Waals surface area contributed by atoms with Gasteiger partial charge in [0.2, 0.25) is 21.8 Å². The van der Waals surface area contributed by atoms with E-state index in [-0.39, 0.29) is 29.3 Å². The molecule has 9 heteroatoms. The lowest BCUT2D eigenvalue weighted by Crippen LogP contribution is -2.57. The second kappa shape index (κ2) is 10.8. The fourth-order valence-corrected chi connectivity index (χ4v) is 5.14. The summed E-state index contributed by atoms with van der Waals surface area (Å²) in [5, 5.41) is 2.86. The van der Waals surface area contributed by atoms with Gasteiger partial charge in [0.1, 0.15) is 11.8 Å². The number of nitrogens with one attached hydrogen (secondary N) is 2. The third kappa shape index (κ3) is 5.98. The molecule has 1 atom stereocenters. The first-order chi connectivity index (χ1) is 15.3. The second-order valence-corrected chi connectivity index (χ2v) is 10.1. The van der Waals surface area contributed by atoms with Crippen molar-refractivity contribution in [3.63, 3.8) is 0 Å². The van der Waals surface area contributed by atoms with Crippen LogP contribution in [0.25, 0.3) is 0 Å². The van der Waals surface area contributed by atoms with Crippen LogP contribution in [-0.4, -0.2) is 43.8 Å². The van der Waals surface area contributed by atoms with Crippen LogP contribution in [-0.2, 0) is 26.2 Å². The van der Waals surface area contributed by atoms with Gasteiger partial charge in [0, 0.05) is 6.04 Å². The van der Waals surface area contributed by atoms with Crippen molar-refractivity contribution < 1.29 is 22.4 Å². The fraction of sp³-hybridized carbons (Fsp3) is 0.478. The van der Waals surface area contributed by atoms with Gasteiger partial charge in [0.15, 0.2) is 0 Å². The molecule has 1 aromatic carbocycles. The van der Waals surface area contributed by atoms with Gasteiger partial charge < -0.3 is 14.6 Å². The maximum atomic E-state index is 13.3. The molecule has 3 rings (SSSR count). The van der Waals surface area contributed by atoms with E-state index in [2.05, 4.69) is 10.0 Å². The van der Waals surface area contributed by atoms with Crippen LogP contribution in [0.15, 0.2) is 58.0 Å². The van der Waals surface area contributed by atoms with Crippen LogP contribution in [0.4, 0.5) is 0 Å². The number of carbonyl (C=O) groups is 2. The quantitative estimate of drug-likeness (QED) is 0.565. The lowest BCUT2D eigenvalue weighted by Gasteiger charge is -2.38. The summed E-state index contributed by atoms with van der Waals surface area (Å²) in [6, 6.07) is 10.6. The zero-order valence-electron chi connectivity index (χ0n) is 18.5. The molecule has 0 unspecified atom stereocenters. The van der Waals surface area contributed by atoms with Crippen LogP contribution in [0.1, 0.15) is 45.3 Å². The van der Waals surface area contributed by atoms with Crippen molar-refractivity contribution in [1.29, 1.82) is 0 Å². The number of rotatable bonds is 10. The van der Waals surface area contributed by atoms with Crippen molar-refractivity contribution in [1.82, 2.24) is 14.9 Å². The first-order valence-corrected chi connectivity index (χ1v) is 12.4.